The van der Waals surface area contributed by atoms with Crippen molar-refractivity contribution in [2.75, 3.05) is 0 Å². The minimum atomic E-state index is -4.58. The van der Waals surface area contributed by atoms with Crippen LogP contribution >= 0.6 is 0 Å². The summed E-state index contributed by atoms with van der Waals surface area (Å²) in [7, 11) is 0. The quantitative estimate of drug-likeness (QED) is 0.796. The van der Waals surface area contributed by atoms with Crippen LogP contribution < -0.4 is 4.74 Å². The number of benzene rings is 2. The molecule has 5 heteroatoms. The van der Waals surface area contributed by atoms with Crippen molar-refractivity contribution in [3.63, 3.8) is 0 Å². The summed E-state index contributed by atoms with van der Waals surface area (Å²) >= 11 is 0. The highest BCUT2D eigenvalue weighted by Crippen LogP contribution is 2.51. The maximum atomic E-state index is 13.7. The summed E-state index contributed by atoms with van der Waals surface area (Å²) in [5.41, 5.74) is -1.86. The Morgan fingerprint density at radius 2 is 1.76 bits per heavy atom. The van der Waals surface area contributed by atoms with Gasteiger partial charge >= 0.3 is 6.18 Å². The fourth-order valence-corrected chi connectivity index (χ4v) is 2.61. The molecule has 106 valence electrons. The van der Waals surface area contributed by atoms with Crippen LogP contribution in [-0.2, 0) is 12.0 Å². The van der Waals surface area contributed by atoms with Crippen LogP contribution in [0.15, 0.2) is 48.5 Å². The van der Waals surface area contributed by atoms with Gasteiger partial charge in [-0.25, -0.2) is 0 Å². The molecule has 0 saturated heterocycles. The molecule has 0 fully saturated rings. The molecule has 0 amide bonds. The average Bonchev–Trinajstić information content (AvgIpc) is 2.88. The van der Waals surface area contributed by atoms with E-state index in [0.717, 1.165) is 0 Å². The smallest absolute Gasteiger partial charge is 0.432 e. The zero-order chi connectivity index (χ0) is 15.1. The van der Waals surface area contributed by atoms with Gasteiger partial charge in [0.2, 0.25) is 5.60 Å². The van der Waals surface area contributed by atoms with Crippen LogP contribution in [0.4, 0.5) is 13.2 Å². The largest absolute Gasteiger partial charge is 0.472 e. The standard InChI is InChI=1S/C16H10F3NO/c17-16(18,19)15(12-6-2-1-3-7-12)9-13-11(10-20)5-4-8-14(13)21-15/h1-8H,9H2. The van der Waals surface area contributed by atoms with Crippen LogP contribution in [0.3, 0.4) is 0 Å². The van der Waals surface area contributed by atoms with Crippen molar-refractivity contribution in [1.29, 1.82) is 5.26 Å². The number of hydrogen-bond acceptors (Lipinski definition) is 2. The van der Waals surface area contributed by atoms with Crippen LogP contribution in [0, 0.1) is 11.3 Å². The number of nitrogens with zero attached hydrogens (tertiary/aromatic N) is 1. The summed E-state index contributed by atoms with van der Waals surface area (Å²) in [6.07, 6.45) is -4.97. The number of ether oxygens (including phenoxy) is 1. The van der Waals surface area contributed by atoms with Gasteiger partial charge in [0.05, 0.1) is 11.6 Å². The van der Waals surface area contributed by atoms with Crippen molar-refractivity contribution in [1.82, 2.24) is 0 Å². The van der Waals surface area contributed by atoms with Crippen LogP contribution in [-0.4, -0.2) is 6.18 Å². The third-order valence-corrected chi connectivity index (χ3v) is 3.66. The van der Waals surface area contributed by atoms with Gasteiger partial charge in [0.1, 0.15) is 5.75 Å². The Morgan fingerprint density at radius 1 is 1.05 bits per heavy atom. The van der Waals surface area contributed by atoms with E-state index in [0.29, 0.717) is 5.56 Å². The summed E-state index contributed by atoms with van der Waals surface area (Å²) in [6.45, 7) is 0. The van der Waals surface area contributed by atoms with E-state index in [-0.39, 0.29) is 23.3 Å². The van der Waals surface area contributed by atoms with E-state index in [1.165, 1.54) is 30.3 Å². The fourth-order valence-electron chi connectivity index (χ4n) is 2.61. The summed E-state index contributed by atoms with van der Waals surface area (Å²) in [5, 5.41) is 9.06. The van der Waals surface area contributed by atoms with Crippen molar-refractivity contribution in [3.8, 4) is 11.8 Å². The number of nitriles is 1. The Bertz CT molecular complexity index is 719. The molecule has 0 saturated carbocycles. The maximum Gasteiger partial charge on any atom is 0.432 e. The number of fused-ring (bicyclic) bond motifs is 1. The minimum Gasteiger partial charge on any atom is -0.472 e. The lowest BCUT2D eigenvalue weighted by Gasteiger charge is -2.31. The van der Waals surface area contributed by atoms with E-state index in [2.05, 4.69) is 0 Å². The van der Waals surface area contributed by atoms with Gasteiger partial charge in [0, 0.05) is 17.5 Å². The Kier molecular flexibility index (Phi) is 2.91. The van der Waals surface area contributed by atoms with Gasteiger partial charge in [0.25, 0.3) is 0 Å². The van der Waals surface area contributed by atoms with E-state index >= 15 is 0 Å². The predicted molar refractivity (Wildman–Crippen MR) is 69.7 cm³/mol. The molecule has 1 aliphatic rings. The molecule has 0 radical (unpaired) electrons. The van der Waals surface area contributed by atoms with E-state index in [1.807, 2.05) is 6.07 Å². The second kappa shape index (κ2) is 4.52. The van der Waals surface area contributed by atoms with Gasteiger partial charge in [-0.3, -0.25) is 0 Å². The Labute approximate surface area is 119 Å². The predicted octanol–water partition coefficient (Wildman–Crippen LogP) is 3.95. The Morgan fingerprint density at radius 3 is 2.38 bits per heavy atom. The Balaban J connectivity index is 2.18. The van der Waals surface area contributed by atoms with Gasteiger partial charge in [-0.1, -0.05) is 36.4 Å². The highest BCUT2D eigenvalue weighted by atomic mass is 19.4. The van der Waals surface area contributed by atoms with Crippen LogP contribution in [0.25, 0.3) is 0 Å². The van der Waals surface area contributed by atoms with Gasteiger partial charge < -0.3 is 4.74 Å². The molecule has 0 N–H and O–H groups in total. The molecule has 2 nitrogen and oxygen atoms in total. The molecule has 21 heavy (non-hydrogen) atoms. The normalized spacial score (nSPS) is 20.5. The molecule has 1 atom stereocenters. The van der Waals surface area contributed by atoms with Crippen LogP contribution in [0.2, 0.25) is 0 Å². The van der Waals surface area contributed by atoms with E-state index < -0.39 is 11.8 Å². The first-order valence-electron chi connectivity index (χ1n) is 6.31. The monoisotopic (exact) mass is 289 g/mol. The third kappa shape index (κ3) is 1.95. The number of hydrogen-bond donors (Lipinski definition) is 0. The summed E-state index contributed by atoms with van der Waals surface area (Å²) < 4.78 is 46.4. The average molecular weight is 289 g/mol. The molecule has 3 rings (SSSR count). The maximum absolute atomic E-state index is 13.7. The number of rotatable bonds is 1. The molecule has 1 aliphatic heterocycles. The fraction of sp³-hybridized carbons (Fsp3) is 0.188. The van der Waals surface area contributed by atoms with E-state index in [4.69, 9.17) is 10.00 Å². The summed E-state index contributed by atoms with van der Waals surface area (Å²) in [4.78, 5) is 0. The van der Waals surface area contributed by atoms with Crippen LogP contribution in [0.1, 0.15) is 16.7 Å². The van der Waals surface area contributed by atoms with Crippen LogP contribution in [0.5, 0.6) is 5.75 Å². The lowest BCUT2D eigenvalue weighted by atomic mass is 9.87. The van der Waals surface area contributed by atoms with Gasteiger partial charge in [0.15, 0.2) is 0 Å². The van der Waals surface area contributed by atoms with Gasteiger partial charge in [-0.2, -0.15) is 18.4 Å². The lowest BCUT2D eigenvalue weighted by molar-refractivity contribution is -0.248. The van der Waals surface area contributed by atoms with Crippen molar-refractivity contribution in [2.24, 2.45) is 0 Å². The zero-order valence-electron chi connectivity index (χ0n) is 10.8. The van der Waals surface area contributed by atoms with E-state index in [9.17, 15) is 13.2 Å². The first kappa shape index (κ1) is 13.5. The highest BCUT2D eigenvalue weighted by molar-refractivity contribution is 5.52. The summed E-state index contributed by atoms with van der Waals surface area (Å²) in [5.74, 6) is 0.121. The number of alkyl halides is 3. The molecular weight excluding hydrogens is 279 g/mol. The van der Waals surface area contributed by atoms with Gasteiger partial charge in [-0.05, 0) is 12.1 Å². The number of halogens is 3. The van der Waals surface area contributed by atoms with E-state index in [1.54, 1.807) is 18.2 Å². The molecule has 2 aromatic rings. The van der Waals surface area contributed by atoms with Gasteiger partial charge in [-0.15, -0.1) is 0 Å². The molecule has 0 spiro atoms. The third-order valence-electron chi connectivity index (χ3n) is 3.66. The molecule has 0 aliphatic carbocycles. The molecular formula is C16H10F3NO. The lowest BCUT2D eigenvalue weighted by Crippen LogP contribution is -2.46. The molecule has 2 aromatic carbocycles. The second-order valence-electron chi connectivity index (χ2n) is 4.86. The first-order chi connectivity index (χ1) is 9.98. The first-order valence-corrected chi connectivity index (χ1v) is 6.31. The summed E-state index contributed by atoms with van der Waals surface area (Å²) in [6, 6.07) is 13.9. The Hall–Kier alpha value is -2.48. The highest BCUT2D eigenvalue weighted by Gasteiger charge is 2.61. The van der Waals surface area contributed by atoms with Crippen molar-refractivity contribution in [3.05, 3.63) is 65.2 Å². The molecule has 0 bridgehead atoms. The topological polar surface area (TPSA) is 33.0 Å². The zero-order valence-corrected chi connectivity index (χ0v) is 10.8. The SMILES string of the molecule is N#Cc1cccc2c1CC(c1ccccc1)(C(F)(F)F)O2. The molecule has 0 aromatic heterocycles. The minimum absolute atomic E-state index is 0.0394. The van der Waals surface area contributed by atoms with Crippen molar-refractivity contribution < 1.29 is 17.9 Å². The molecule has 1 heterocycles. The second-order valence-corrected chi connectivity index (χ2v) is 4.86. The molecule has 1 unspecified atom stereocenters. The van der Waals surface area contributed by atoms with Crippen molar-refractivity contribution >= 4 is 0 Å². The van der Waals surface area contributed by atoms with Crippen molar-refractivity contribution in [2.45, 2.75) is 18.2 Å².